The third-order valence-electron chi connectivity index (χ3n) is 5.42. The van der Waals surface area contributed by atoms with E-state index in [1.54, 1.807) is 18.6 Å². The number of hydrogen-bond donors (Lipinski definition) is 1. The van der Waals surface area contributed by atoms with E-state index in [9.17, 15) is 9.59 Å². The van der Waals surface area contributed by atoms with Crippen LogP contribution in [0, 0.1) is 0 Å². The number of amides is 1. The maximum absolute atomic E-state index is 12.7. The molecular formula is C22H25N5O3. The second-order valence-corrected chi connectivity index (χ2v) is 7.52. The van der Waals surface area contributed by atoms with E-state index < -0.39 is 0 Å². The van der Waals surface area contributed by atoms with E-state index >= 15 is 0 Å². The highest BCUT2D eigenvalue weighted by atomic mass is 16.5. The van der Waals surface area contributed by atoms with Crippen molar-refractivity contribution < 1.29 is 14.3 Å². The van der Waals surface area contributed by atoms with Crippen LogP contribution in [0.5, 0.6) is 0 Å². The standard InChI is InChI=1S/C22H25N5O3/c1-30-20(28)14-26-9-7-18(8-10-26)25-22(29)17-11-19-21(23-12-17)27(15-24-19)13-16-5-3-2-4-6-16/h2-6,11-12,15,18H,7-10,13-14H2,1H3,(H,25,29). The summed E-state index contributed by atoms with van der Waals surface area (Å²) in [6.07, 6.45) is 4.95. The van der Waals surface area contributed by atoms with Gasteiger partial charge in [-0.2, -0.15) is 0 Å². The quantitative estimate of drug-likeness (QED) is 0.628. The number of aromatic nitrogens is 3. The molecule has 4 rings (SSSR count). The highest BCUT2D eigenvalue weighted by Gasteiger charge is 2.23. The lowest BCUT2D eigenvalue weighted by Crippen LogP contribution is -2.46. The Balaban J connectivity index is 1.37. The first-order valence-corrected chi connectivity index (χ1v) is 10.1. The SMILES string of the molecule is COC(=O)CN1CCC(NC(=O)c2cnc3c(c2)ncn3Cc2ccccc2)CC1. The van der Waals surface area contributed by atoms with Crippen molar-refractivity contribution in [3.8, 4) is 0 Å². The predicted molar refractivity (Wildman–Crippen MR) is 112 cm³/mol. The molecule has 0 bridgehead atoms. The molecule has 156 valence electrons. The number of carbonyl (C=O) groups excluding carboxylic acids is 2. The third-order valence-corrected chi connectivity index (χ3v) is 5.42. The lowest BCUT2D eigenvalue weighted by molar-refractivity contribution is -0.142. The lowest BCUT2D eigenvalue weighted by atomic mass is 10.0. The van der Waals surface area contributed by atoms with Crippen LogP contribution in [0.25, 0.3) is 11.2 Å². The van der Waals surface area contributed by atoms with Crippen molar-refractivity contribution in [3.63, 3.8) is 0 Å². The Hall–Kier alpha value is -3.26. The zero-order valence-electron chi connectivity index (χ0n) is 17.0. The minimum atomic E-state index is -0.233. The summed E-state index contributed by atoms with van der Waals surface area (Å²) in [5.41, 5.74) is 3.13. The summed E-state index contributed by atoms with van der Waals surface area (Å²) < 4.78 is 6.68. The van der Waals surface area contributed by atoms with Crippen molar-refractivity contribution in [1.29, 1.82) is 0 Å². The summed E-state index contributed by atoms with van der Waals surface area (Å²) in [6, 6.07) is 12.0. The van der Waals surface area contributed by atoms with Crippen molar-refractivity contribution >= 4 is 23.0 Å². The first-order chi connectivity index (χ1) is 14.6. The first-order valence-electron chi connectivity index (χ1n) is 10.1. The smallest absolute Gasteiger partial charge is 0.319 e. The number of esters is 1. The van der Waals surface area contributed by atoms with Gasteiger partial charge in [-0.25, -0.2) is 9.97 Å². The van der Waals surface area contributed by atoms with E-state index in [2.05, 4.69) is 27.4 Å². The monoisotopic (exact) mass is 407 g/mol. The maximum atomic E-state index is 12.7. The Bertz CT molecular complexity index is 1030. The average Bonchev–Trinajstić information content (AvgIpc) is 3.17. The number of pyridine rings is 1. The molecule has 0 unspecified atom stereocenters. The second kappa shape index (κ2) is 9.04. The molecule has 1 aliphatic heterocycles. The fourth-order valence-corrected chi connectivity index (χ4v) is 3.72. The second-order valence-electron chi connectivity index (χ2n) is 7.52. The molecule has 8 nitrogen and oxygen atoms in total. The van der Waals surface area contributed by atoms with Gasteiger partial charge in [0.05, 0.1) is 32.1 Å². The number of ether oxygens (including phenoxy) is 1. The number of carbonyl (C=O) groups is 2. The number of imidazole rings is 1. The van der Waals surface area contributed by atoms with E-state index in [0.717, 1.165) is 31.6 Å². The summed E-state index contributed by atoms with van der Waals surface area (Å²) in [5.74, 6) is -0.378. The van der Waals surface area contributed by atoms with Gasteiger partial charge in [0.1, 0.15) is 5.52 Å². The Labute approximate surface area is 174 Å². The van der Waals surface area contributed by atoms with Crippen LogP contribution in [0.3, 0.4) is 0 Å². The van der Waals surface area contributed by atoms with E-state index in [0.29, 0.717) is 24.2 Å². The molecule has 8 heteroatoms. The summed E-state index contributed by atoms with van der Waals surface area (Å²) in [4.78, 5) is 35.0. The van der Waals surface area contributed by atoms with E-state index in [1.165, 1.54) is 12.7 Å². The molecule has 3 aromatic rings. The highest BCUT2D eigenvalue weighted by molar-refractivity contribution is 5.96. The minimum absolute atomic E-state index is 0.0812. The van der Waals surface area contributed by atoms with Gasteiger partial charge in [0.2, 0.25) is 0 Å². The molecule has 1 amide bonds. The molecule has 30 heavy (non-hydrogen) atoms. The summed E-state index contributed by atoms with van der Waals surface area (Å²) in [5, 5.41) is 3.08. The molecule has 0 radical (unpaired) electrons. The van der Waals surface area contributed by atoms with Crippen LogP contribution in [0.4, 0.5) is 0 Å². The number of nitrogens with one attached hydrogen (secondary N) is 1. The molecule has 0 saturated carbocycles. The van der Waals surface area contributed by atoms with Gasteiger partial charge < -0.3 is 14.6 Å². The predicted octanol–water partition coefficient (Wildman–Crippen LogP) is 1.85. The molecule has 2 aromatic heterocycles. The first kappa shape index (κ1) is 20.0. The van der Waals surface area contributed by atoms with Gasteiger partial charge in [0, 0.05) is 25.3 Å². The van der Waals surface area contributed by atoms with Gasteiger partial charge in [0.25, 0.3) is 5.91 Å². The molecule has 1 N–H and O–H groups in total. The summed E-state index contributed by atoms with van der Waals surface area (Å²) in [7, 11) is 1.39. The number of benzene rings is 1. The fraction of sp³-hybridized carbons (Fsp3) is 0.364. The third kappa shape index (κ3) is 4.65. The Kier molecular flexibility index (Phi) is 6.04. The molecule has 0 atom stereocenters. The Morgan fingerprint density at radius 2 is 1.93 bits per heavy atom. The van der Waals surface area contributed by atoms with Gasteiger partial charge in [-0.3, -0.25) is 14.5 Å². The van der Waals surface area contributed by atoms with Gasteiger partial charge in [0.15, 0.2) is 5.65 Å². The maximum Gasteiger partial charge on any atom is 0.319 e. The van der Waals surface area contributed by atoms with Crippen molar-refractivity contribution in [2.75, 3.05) is 26.7 Å². The zero-order valence-corrected chi connectivity index (χ0v) is 17.0. The molecule has 1 saturated heterocycles. The molecule has 1 aliphatic rings. The van der Waals surface area contributed by atoms with Crippen LogP contribution < -0.4 is 5.32 Å². The number of hydrogen-bond acceptors (Lipinski definition) is 6. The normalized spacial score (nSPS) is 15.2. The van der Waals surface area contributed by atoms with Crippen LogP contribution in [-0.4, -0.2) is 64.1 Å². The number of likely N-dealkylation sites (tertiary alicyclic amines) is 1. The topological polar surface area (TPSA) is 89.3 Å². The number of fused-ring (bicyclic) bond motifs is 1. The fourth-order valence-electron chi connectivity index (χ4n) is 3.72. The number of methoxy groups -OCH3 is 1. The molecule has 0 spiro atoms. The summed E-state index contributed by atoms with van der Waals surface area (Å²) >= 11 is 0. The van der Waals surface area contributed by atoms with Gasteiger partial charge in [-0.05, 0) is 24.5 Å². The lowest BCUT2D eigenvalue weighted by Gasteiger charge is -2.31. The average molecular weight is 407 g/mol. The minimum Gasteiger partial charge on any atom is -0.468 e. The Morgan fingerprint density at radius 3 is 2.67 bits per heavy atom. The number of piperidine rings is 1. The largest absolute Gasteiger partial charge is 0.468 e. The van der Waals surface area contributed by atoms with Gasteiger partial charge in [-0.15, -0.1) is 0 Å². The van der Waals surface area contributed by atoms with Crippen molar-refractivity contribution in [2.45, 2.75) is 25.4 Å². The van der Waals surface area contributed by atoms with E-state index in [4.69, 9.17) is 4.74 Å². The molecule has 0 aliphatic carbocycles. The van der Waals surface area contributed by atoms with Crippen LogP contribution in [0.2, 0.25) is 0 Å². The number of nitrogens with zero attached hydrogens (tertiary/aromatic N) is 4. The van der Waals surface area contributed by atoms with Crippen LogP contribution in [0.15, 0.2) is 48.9 Å². The number of rotatable bonds is 6. The van der Waals surface area contributed by atoms with Crippen molar-refractivity contribution in [3.05, 3.63) is 60.0 Å². The van der Waals surface area contributed by atoms with E-state index in [-0.39, 0.29) is 17.9 Å². The Morgan fingerprint density at radius 1 is 1.17 bits per heavy atom. The molecule has 3 heterocycles. The van der Waals surface area contributed by atoms with Crippen LogP contribution in [0.1, 0.15) is 28.8 Å². The van der Waals surface area contributed by atoms with Gasteiger partial charge in [-0.1, -0.05) is 30.3 Å². The highest BCUT2D eigenvalue weighted by Crippen LogP contribution is 2.15. The van der Waals surface area contributed by atoms with E-state index in [1.807, 2.05) is 27.7 Å². The molecular weight excluding hydrogens is 382 g/mol. The molecule has 1 aromatic carbocycles. The van der Waals surface area contributed by atoms with Crippen LogP contribution in [-0.2, 0) is 16.1 Å². The molecule has 1 fully saturated rings. The van der Waals surface area contributed by atoms with Gasteiger partial charge >= 0.3 is 5.97 Å². The van der Waals surface area contributed by atoms with Crippen molar-refractivity contribution in [1.82, 2.24) is 24.8 Å². The summed E-state index contributed by atoms with van der Waals surface area (Å²) in [6.45, 7) is 2.48. The van der Waals surface area contributed by atoms with Crippen molar-refractivity contribution in [2.24, 2.45) is 0 Å². The van der Waals surface area contributed by atoms with Crippen LogP contribution >= 0.6 is 0 Å². The zero-order chi connectivity index (χ0) is 20.9.